The zero-order chi connectivity index (χ0) is 17.4. The Bertz CT molecular complexity index is 530. The maximum Gasteiger partial charge on any atom is 0.191 e. The summed E-state index contributed by atoms with van der Waals surface area (Å²) in [5.41, 5.74) is 1.15. The van der Waals surface area contributed by atoms with E-state index in [1.54, 1.807) is 18.4 Å². The van der Waals surface area contributed by atoms with Crippen molar-refractivity contribution in [2.45, 2.75) is 39.0 Å². The SMILES string of the molecule is CN=C(NCCc1csc(C(C)C)n1)NCC1(CCO)CCOC1.I. The number of ether oxygens (including phenoxy) is 1. The van der Waals surface area contributed by atoms with Crippen LogP contribution in [0.3, 0.4) is 0 Å². The Hall–Kier alpha value is -0.450. The van der Waals surface area contributed by atoms with Gasteiger partial charge in [0.25, 0.3) is 0 Å². The van der Waals surface area contributed by atoms with E-state index < -0.39 is 0 Å². The first-order chi connectivity index (χ1) is 11.6. The summed E-state index contributed by atoms with van der Waals surface area (Å²) in [6.07, 6.45) is 2.62. The number of aromatic nitrogens is 1. The van der Waals surface area contributed by atoms with Gasteiger partial charge in [0.05, 0.1) is 17.3 Å². The minimum atomic E-state index is 0. The van der Waals surface area contributed by atoms with Gasteiger partial charge < -0.3 is 20.5 Å². The molecular weight excluding hydrogens is 451 g/mol. The fourth-order valence-electron chi connectivity index (χ4n) is 2.82. The van der Waals surface area contributed by atoms with Crippen LogP contribution in [0, 0.1) is 5.41 Å². The monoisotopic (exact) mass is 482 g/mol. The molecule has 1 aromatic heterocycles. The summed E-state index contributed by atoms with van der Waals surface area (Å²) in [6.45, 7) is 7.57. The number of rotatable bonds is 8. The molecule has 3 N–H and O–H groups in total. The zero-order valence-electron chi connectivity index (χ0n) is 15.4. The van der Waals surface area contributed by atoms with Crippen LogP contribution in [0.1, 0.15) is 43.3 Å². The second-order valence-electron chi connectivity index (χ2n) is 6.71. The predicted octanol–water partition coefficient (Wildman–Crippen LogP) is 2.38. The molecule has 0 amide bonds. The third kappa shape index (κ3) is 6.99. The fraction of sp³-hybridized carbons (Fsp3) is 0.765. The molecule has 1 atom stereocenters. The molecule has 0 radical (unpaired) electrons. The van der Waals surface area contributed by atoms with Gasteiger partial charge in [0.15, 0.2) is 5.96 Å². The first kappa shape index (κ1) is 22.6. The van der Waals surface area contributed by atoms with Crippen LogP contribution < -0.4 is 10.6 Å². The molecule has 1 unspecified atom stereocenters. The second kappa shape index (κ2) is 11.3. The highest BCUT2D eigenvalue weighted by atomic mass is 127. The number of aliphatic imine (C=N–C) groups is 1. The van der Waals surface area contributed by atoms with Crippen LogP contribution in [-0.2, 0) is 11.2 Å². The maximum absolute atomic E-state index is 9.29. The van der Waals surface area contributed by atoms with Crippen molar-refractivity contribution in [3.05, 3.63) is 16.1 Å². The first-order valence-corrected chi connectivity index (χ1v) is 9.54. The Morgan fingerprint density at radius 2 is 2.28 bits per heavy atom. The standard InChI is InChI=1S/C17H30N4O2S.HI/c1-13(2)15-21-14(10-24-15)4-7-19-16(18-3)20-11-17(5-8-22)6-9-23-12-17;/h10,13,22H,4-9,11-12H2,1-3H3,(H2,18,19,20);1H. The zero-order valence-corrected chi connectivity index (χ0v) is 18.5. The van der Waals surface area contributed by atoms with E-state index >= 15 is 0 Å². The molecule has 0 spiro atoms. The summed E-state index contributed by atoms with van der Waals surface area (Å²) in [6, 6.07) is 0. The van der Waals surface area contributed by atoms with Crippen LogP contribution in [-0.4, -0.2) is 56.0 Å². The van der Waals surface area contributed by atoms with Gasteiger partial charge in [-0.2, -0.15) is 0 Å². The number of halogens is 1. The lowest BCUT2D eigenvalue weighted by molar-refractivity contribution is 0.127. The molecule has 0 saturated carbocycles. The Labute approximate surface area is 171 Å². The number of nitrogens with one attached hydrogen (secondary N) is 2. The highest BCUT2D eigenvalue weighted by Crippen LogP contribution is 2.31. The molecule has 6 nitrogen and oxygen atoms in total. The predicted molar refractivity (Wildman–Crippen MR) is 114 cm³/mol. The second-order valence-corrected chi connectivity index (χ2v) is 7.60. The van der Waals surface area contributed by atoms with Crippen LogP contribution in [0.2, 0.25) is 0 Å². The number of hydrogen-bond acceptors (Lipinski definition) is 5. The van der Waals surface area contributed by atoms with Gasteiger partial charge in [-0.05, 0) is 12.8 Å². The minimum Gasteiger partial charge on any atom is -0.396 e. The molecule has 25 heavy (non-hydrogen) atoms. The summed E-state index contributed by atoms with van der Waals surface area (Å²) in [5, 5.41) is 19.3. The molecule has 1 aliphatic heterocycles. The van der Waals surface area contributed by atoms with Crippen molar-refractivity contribution in [3.63, 3.8) is 0 Å². The van der Waals surface area contributed by atoms with E-state index in [1.165, 1.54) is 5.01 Å². The van der Waals surface area contributed by atoms with Gasteiger partial charge in [0, 0.05) is 56.5 Å². The van der Waals surface area contributed by atoms with E-state index in [9.17, 15) is 5.11 Å². The molecule has 1 fully saturated rings. The number of guanidine groups is 1. The number of hydrogen-bond donors (Lipinski definition) is 3. The Morgan fingerprint density at radius 3 is 2.84 bits per heavy atom. The summed E-state index contributed by atoms with van der Waals surface area (Å²) >= 11 is 1.73. The lowest BCUT2D eigenvalue weighted by Crippen LogP contribution is -2.45. The van der Waals surface area contributed by atoms with E-state index in [-0.39, 0.29) is 36.0 Å². The van der Waals surface area contributed by atoms with E-state index in [2.05, 4.69) is 39.8 Å². The highest BCUT2D eigenvalue weighted by molar-refractivity contribution is 14.0. The Morgan fingerprint density at radius 1 is 1.48 bits per heavy atom. The van der Waals surface area contributed by atoms with E-state index in [0.717, 1.165) is 50.6 Å². The Kier molecular flexibility index (Phi) is 10.2. The first-order valence-electron chi connectivity index (χ1n) is 8.66. The Balaban J connectivity index is 0.00000312. The summed E-state index contributed by atoms with van der Waals surface area (Å²) in [7, 11) is 1.78. The van der Waals surface area contributed by atoms with Crippen LogP contribution in [0.25, 0.3) is 0 Å². The molecular formula is C17H31IN4O2S. The summed E-state index contributed by atoms with van der Waals surface area (Å²) in [5.74, 6) is 1.28. The van der Waals surface area contributed by atoms with Crippen LogP contribution in [0.15, 0.2) is 10.4 Å². The van der Waals surface area contributed by atoms with Gasteiger partial charge in [-0.15, -0.1) is 35.3 Å². The average Bonchev–Trinajstić information content (AvgIpc) is 3.21. The molecule has 1 aromatic rings. The lowest BCUT2D eigenvalue weighted by atomic mass is 9.84. The topological polar surface area (TPSA) is 78.8 Å². The van der Waals surface area contributed by atoms with Gasteiger partial charge in [0.1, 0.15) is 0 Å². The lowest BCUT2D eigenvalue weighted by Gasteiger charge is -2.27. The third-order valence-corrected chi connectivity index (χ3v) is 5.61. The van der Waals surface area contributed by atoms with Crippen molar-refractivity contribution in [1.82, 2.24) is 15.6 Å². The molecule has 8 heteroatoms. The van der Waals surface area contributed by atoms with Crippen molar-refractivity contribution >= 4 is 41.3 Å². The summed E-state index contributed by atoms with van der Waals surface area (Å²) in [4.78, 5) is 8.93. The quantitative estimate of drug-likeness (QED) is 0.301. The van der Waals surface area contributed by atoms with Gasteiger partial charge in [-0.3, -0.25) is 4.99 Å². The molecule has 0 bridgehead atoms. The number of thiazole rings is 1. The van der Waals surface area contributed by atoms with Gasteiger partial charge in [-0.25, -0.2) is 4.98 Å². The van der Waals surface area contributed by atoms with Crippen molar-refractivity contribution in [2.75, 3.05) is 40.0 Å². The molecule has 0 aliphatic carbocycles. The number of aliphatic hydroxyl groups is 1. The smallest absolute Gasteiger partial charge is 0.191 e. The molecule has 1 saturated heterocycles. The van der Waals surface area contributed by atoms with Crippen LogP contribution >= 0.6 is 35.3 Å². The largest absolute Gasteiger partial charge is 0.396 e. The van der Waals surface area contributed by atoms with Gasteiger partial charge >= 0.3 is 0 Å². The maximum atomic E-state index is 9.29. The van der Waals surface area contributed by atoms with Crippen molar-refractivity contribution < 1.29 is 9.84 Å². The van der Waals surface area contributed by atoms with Crippen molar-refractivity contribution in [1.29, 1.82) is 0 Å². The summed E-state index contributed by atoms with van der Waals surface area (Å²) < 4.78 is 5.52. The van der Waals surface area contributed by atoms with Gasteiger partial charge in [-0.1, -0.05) is 13.8 Å². The minimum absolute atomic E-state index is 0. The van der Waals surface area contributed by atoms with E-state index in [1.807, 2.05) is 0 Å². The van der Waals surface area contributed by atoms with Crippen molar-refractivity contribution in [2.24, 2.45) is 10.4 Å². The van der Waals surface area contributed by atoms with Crippen LogP contribution in [0.5, 0.6) is 0 Å². The molecule has 2 rings (SSSR count). The highest BCUT2D eigenvalue weighted by Gasteiger charge is 2.34. The van der Waals surface area contributed by atoms with E-state index in [4.69, 9.17) is 4.74 Å². The van der Waals surface area contributed by atoms with Gasteiger partial charge in [0.2, 0.25) is 0 Å². The third-order valence-electron chi connectivity index (χ3n) is 4.42. The fourth-order valence-corrected chi connectivity index (χ4v) is 3.68. The average molecular weight is 482 g/mol. The molecule has 0 aromatic carbocycles. The van der Waals surface area contributed by atoms with E-state index in [0.29, 0.717) is 12.5 Å². The molecule has 144 valence electrons. The molecule has 2 heterocycles. The van der Waals surface area contributed by atoms with Crippen molar-refractivity contribution in [3.8, 4) is 0 Å². The number of aliphatic hydroxyl groups excluding tert-OH is 1. The molecule has 1 aliphatic rings. The normalized spacial score (nSPS) is 20.6. The van der Waals surface area contributed by atoms with Crippen LogP contribution in [0.4, 0.5) is 0 Å². The number of nitrogens with zero attached hydrogens (tertiary/aromatic N) is 2.